The number of nitrogens with zero attached hydrogens (tertiary/aromatic N) is 1. The molecule has 35 heavy (non-hydrogen) atoms. The van der Waals surface area contributed by atoms with Crippen LogP contribution in [0.4, 0.5) is 0 Å². The van der Waals surface area contributed by atoms with Gasteiger partial charge in [0.2, 0.25) is 18.6 Å². The number of fused-ring (bicyclic) bond motifs is 1. The van der Waals surface area contributed by atoms with Crippen molar-refractivity contribution < 1.29 is 19.1 Å². The van der Waals surface area contributed by atoms with E-state index in [2.05, 4.69) is 5.32 Å². The zero-order chi connectivity index (χ0) is 24.5. The van der Waals surface area contributed by atoms with Gasteiger partial charge in [0.05, 0.1) is 0 Å². The van der Waals surface area contributed by atoms with Crippen LogP contribution in [0.5, 0.6) is 11.5 Å². The molecule has 0 unspecified atom stereocenters. The van der Waals surface area contributed by atoms with E-state index in [1.807, 2.05) is 85.8 Å². The average molecular weight is 473 g/mol. The summed E-state index contributed by atoms with van der Waals surface area (Å²) in [6, 6.07) is 24.8. The Morgan fingerprint density at radius 1 is 0.886 bits per heavy atom. The first-order valence-corrected chi connectivity index (χ1v) is 12.2. The number of aryl methyl sites for hydroxylation is 1. The molecule has 1 aliphatic heterocycles. The fourth-order valence-corrected chi connectivity index (χ4v) is 4.19. The van der Waals surface area contributed by atoms with Gasteiger partial charge in [-0.25, -0.2) is 0 Å². The molecule has 0 aromatic heterocycles. The van der Waals surface area contributed by atoms with E-state index in [0.717, 1.165) is 28.9 Å². The molecule has 1 N–H and O–H groups in total. The maximum Gasteiger partial charge on any atom is 0.243 e. The van der Waals surface area contributed by atoms with Crippen molar-refractivity contribution in [2.45, 2.75) is 45.2 Å². The van der Waals surface area contributed by atoms with Crippen LogP contribution in [0.2, 0.25) is 0 Å². The number of ether oxygens (including phenoxy) is 2. The summed E-state index contributed by atoms with van der Waals surface area (Å²) in [5, 5.41) is 3.01. The zero-order valence-corrected chi connectivity index (χ0v) is 20.1. The lowest BCUT2D eigenvalue weighted by atomic mass is 10.0. The van der Waals surface area contributed by atoms with Gasteiger partial charge in [0.1, 0.15) is 6.04 Å². The van der Waals surface area contributed by atoms with E-state index in [1.165, 1.54) is 0 Å². The van der Waals surface area contributed by atoms with Crippen LogP contribution in [0.1, 0.15) is 36.5 Å². The Kier molecular flexibility index (Phi) is 8.39. The normalized spacial score (nSPS) is 12.7. The fourth-order valence-electron chi connectivity index (χ4n) is 4.19. The molecule has 182 valence electrons. The van der Waals surface area contributed by atoms with Crippen molar-refractivity contribution in [2.75, 3.05) is 13.3 Å². The largest absolute Gasteiger partial charge is 0.454 e. The van der Waals surface area contributed by atoms with Crippen LogP contribution in [-0.2, 0) is 29.0 Å². The summed E-state index contributed by atoms with van der Waals surface area (Å²) in [6.07, 6.45) is 2.13. The zero-order valence-electron chi connectivity index (χ0n) is 20.1. The highest BCUT2D eigenvalue weighted by Crippen LogP contribution is 2.32. The molecule has 6 heteroatoms. The van der Waals surface area contributed by atoms with Crippen LogP contribution in [0.15, 0.2) is 78.9 Å². The highest BCUT2D eigenvalue weighted by Gasteiger charge is 2.30. The van der Waals surface area contributed by atoms with Gasteiger partial charge in [-0.2, -0.15) is 0 Å². The van der Waals surface area contributed by atoms with Gasteiger partial charge in [-0.3, -0.25) is 9.59 Å². The van der Waals surface area contributed by atoms with Crippen molar-refractivity contribution in [2.24, 2.45) is 0 Å². The molecule has 4 rings (SSSR count). The molecule has 0 radical (unpaired) electrons. The SMILES string of the molecule is CCCNC(=O)[C@H](Cc1ccccc1)N(Cc1ccccc1)C(=O)CCc1ccc2c(c1)OCO2. The quantitative estimate of drug-likeness (QED) is 0.446. The van der Waals surface area contributed by atoms with Gasteiger partial charge in [0.15, 0.2) is 11.5 Å². The summed E-state index contributed by atoms with van der Waals surface area (Å²) < 4.78 is 10.9. The molecule has 1 aliphatic rings. The molecule has 0 fully saturated rings. The van der Waals surface area contributed by atoms with E-state index < -0.39 is 6.04 Å². The van der Waals surface area contributed by atoms with E-state index >= 15 is 0 Å². The molecule has 1 heterocycles. The van der Waals surface area contributed by atoms with Crippen molar-refractivity contribution in [3.8, 4) is 11.5 Å². The molecule has 0 saturated carbocycles. The number of rotatable bonds is 11. The minimum Gasteiger partial charge on any atom is -0.454 e. The predicted molar refractivity (Wildman–Crippen MR) is 135 cm³/mol. The van der Waals surface area contributed by atoms with Gasteiger partial charge in [-0.1, -0.05) is 73.7 Å². The second-order valence-electron chi connectivity index (χ2n) is 8.69. The number of benzene rings is 3. The van der Waals surface area contributed by atoms with Gasteiger partial charge in [0.25, 0.3) is 0 Å². The van der Waals surface area contributed by atoms with Gasteiger partial charge >= 0.3 is 0 Å². The number of hydrogen-bond acceptors (Lipinski definition) is 4. The Morgan fingerprint density at radius 3 is 2.29 bits per heavy atom. The molecule has 0 saturated heterocycles. The monoisotopic (exact) mass is 472 g/mol. The van der Waals surface area contributed by atoms with Crippen molar-refractivity contribution >= 4 is 11.8 Å². The molecule has 0 aliphatic carbocycles. The molecule has 0 bridgehead atoms. The Bertz CT molecular complexity index is 1120. The van der Waals surface area contributed by atoms with Crippen molar-refractivity contribution in [3.63, 3.8) is 0 Å². The lowest BCUT2D eigenvalue weighted by molar-refractivity contribution is -0.141. The third kappa shape index (κ3) is 6.63. The maximum atomic E-state index is 13.7. The predicted octanol–water partition coefficient (Wildman–Crippen LogP) is 4.51. The third-order valence-electron chi connectivity index (χ3n) is 6.08. The number of nitrogens with one attached hydrogen (secondary N) is 1. The summed E-state index contributed by atoms with van der Waals surface area (Å²) >= 11 is 0. The van der Waals surface area contributed by atoms with Crippen LogP contribution < -0.4 is 14.8 Å². The number of carbonyl (C=O) groups is 2. The Morgan fingerprint density at radius 2 is 1.57 bits per heavy atom. The molecule has 2 amide bonds. The van der Waals surface area contributed by atoms with Crippen LogP contribution in [0.25, 0.3) is 0 Å². The summed E-state index contributed by atoms with van der Waals surface area (Å²) in [5.41, 5.74) is 3.01. The number of carbonyl (C=O) groups excluding carboxylic acids is 2. The number of amides is 2. The maximum absolute atomic E-state index is 13.7. The molecular weight excluding hydrogens is 440 g/mol. The van der Waals surface area contributed by atoms with E-state index in [0.29, 0.717) is 38.1 Å². The van der Waals surface area contributed by atoms with E-state index in [1.54, 1.807) is 4.90 Å². The van der Waals surface area contributed by atoms with Crippen LogP contribution >= 0.6 is 0 Å². The van der Waals surface area contributed by atoms with Gasteiger partial charge in [-0.05, 0) is 41.7 Å². The minimum absolute atomic E-state index is 0.0564. The van der Waals surface area contributed by atoms with Gasteiger partial charge in [0, 0.05) is 25.9 Å². The fraction of sp³-hybridized carbons (Fsp3) is 0.310. The lowest BCUT2D eigenvalue weighted by Gasteiger charge is -2.31. The standard InChI is InChI=1S/C29H32N2O4/c1-2-17-30-29(33)25(18-22-9-5-3-6-10-22)31(20-24-11-7-4-8-12-24)28(32)16-14-23-13-15-26-27(19-23)35-21-34-26/h3-13,15,19,25H,2,14,16-18,20-21H2,1H3,(H,30,33)/t25-/m0/s1. The van der Waals surface area contributed by atoms with E-state index in [-0.39, 0.29) is 18.6 Å². The lowest BCUT2D eigenvalue weighted by Crippen LogP contribution is -2.50. The minimum atomic E-state index is -0.603. The molecule has 1 atom stereocenters. The Labute approximate surface area is 206 Å². The highest BCUT2D eigenvalue weighted by atomic mass is 16.7. The second kappa shape index (κ2) is 12.1. The smallest absolute Gasteiger partial charge is 0.243 e. The Hall–Kier alpha value is -3.80. The molecule has 3 aromatic carbocycles. The molecule has 6 nitrogen and oxygen atoms in total. The van der Waals surface area contributed by atoms with Crippen molar-refractivity contribution in [1.29, 1.82) is 0 Å². The topological polar surface area (TPSA) is 67.9 Å². The third-order valence-corrected chi connectivity index (χ3v) is 6.08. The highest BCUT2D eigenvalue weighted by molar-refractivity contribution is 5.88. The average Bonchev–Trinajstić information content (AvgIpc) is 3.37. The van der Waals surface area contributed by atoms with Crippen LogP contribution in [-0.4, -0.2) is 36.1 Å². The van der Waals surface area contributed by atoms with Gasteiger partial charge < -0.3 is 19.7 Å². The summed E-state index contributed by atoms with van der Waals surface area (Å²) in [5.74, 6) is 1.25. The van der Waals surface area contributed by atoms with Crippen LogP contribution in [0, 0.1) is 0 Å². The van der Waals surface area contributed by atoms with Crippen molar-refractivity contribution in [1.82, 2.24) is 10.2 Å². The van der Waals surface area contributed by atoms with Gasteiger partial charge in [-0.15, -0.1) is 0 Å². The van der Waals surface area contributed by atoms with Crippen molar-refractivity contribution in [3.05, 3.63) is 95.6 Å². The molecule has 0 spiro atoms. The summed E-state index contributed by atoms with van der Waals surface area (Å²) in [6.45, 7) is 3.19. The summed E-state index contributed by atoms with van der Waals surface area (Å²) in [4.78, 5) is 28.7. The summed E-state index contributed by atoms with van der Waals surface area (Å²) in [7, 11) is 0. The number of hydrogen-bond donors (Lipinski definition) is 1. The van der Waals surface area contributed by atoms with Crippen LogP contribution in [0.3, 0.4) is 0 Å². The first kappa shape index (κ1) is 24.3. The van der Waals surface area contributed by atoms with E-state index in [4.69, 9.17) is 9.47 Å². The molecule has 3 aromatic rings. The Balaban J connectivity index is 1.56. The first-order valence-electron chi connectivity index (χ1n) is 12.2. The van der Waals surface area contributed by atoms with E-state index in [9.17, 15) is 9.59 Å². The molecular formula is C29H32N2O4. The first-order chi connectivity index (χ1) is 17.1. The second-order valence-corrected chi connectivity index (χ2v) is 8.69.